The summed E-state index contributed by atoms with van der Waals surface area (Å²) in [6.45, 7) is 2.52. The van der Waals surface area contributed by atoms with Gasteiger partial charge in [0.1, 0.15) is 0 Å². The van der Waals surface area contributed by atoms with Crippen molar-refractivity contribution in [2.24, 2.45) is 0 Å². The maximum atomic E-state index is 11.8. The lowest BCUT2D eigenvalue weighted by Crippen LogP contribution is -2.05. The predicted octanol–water partition coefficient (Wildman–Crippen LogP) is 3.78. The van der Waals surface area contributed by atoms with Gasteiger partial charge in [-0.05, 0) is 18.6 Å². The van der Waals surface area contributed by atoms with Gasteiger partial charge in [-0.15, -0.1) is 0 Å². The number of fused-ring (bicyclic) bond motifs is 1. The number of aromatic nitrogens is 1. The smallest absolute Gasteiger partial charge is 0.340 e. The Hall–Kier alpha value is -1.48. The van der Waals surface area contributed by atoms with Crippen LogP contribution in [0.3, 0.4) is 0 Å². The van der Waals surface area contributed by atoms with Gasteiger partial charge in [-0.2, -0.15) is 0 Å². The Kier molecular flexibility index (Phi) is 3.69. The van der Waals surface area contributed by atoms with E-state index in [9.17, 15) is 4.79 Å². The molecule has 0 bridgehead atoms. The van der Waals surface area contributed by atoms with Crippen molar-refractivity contribution < 1.29 is 9.53 Å². The first-order chi connectivity index (χ1) is 8.22. The average Bonchev–Trinajstić information content (AvgIpc) is 2.72. The van der Waals surface area contributed by atoms with Gasteiger partial charge in [0.25, 0.3) is 0 Å². The molecule has 0 saturated heterocycles. The lowest BCUT2D eigenvalue weighted by Gasteiger charge is -2.02. The van der Waals surface area contributed by atoms with Crippen molar-refractivity contribution in [3.05, 3.63) is 35.0 Å². The first-order valence-corrected chi connectivity index (χ1v) is 6.04. The molecule has 0 aliphatic carbocycles. The summed E-state index contributed by atoms with van der Waals surface area (Å²) >= 11 is 5.87. The van der Waals surface area contributed by atoms with Crippen LogP contribution in [0.25, 0.3) is 10.9 Å². The fraction of sp³-hybridized carbons (Fsp3) is 0.308. The Balaban J connectivity index is 2.21. The van der Waals surface area contributed by atoms with E-state index < -0.39 is 0 Å². The highest BCUT2D eigenvalue weighted by Crippen LogP contribution is 2.22. The Morgan fingerprint density at radius 1 is 1.47 bits per heavy atom. The van der Waals surface area contributed by atoms with E-state index in [2.05, 4.69) is 11.9 Å². The summed E-state index contributed by atoms with van der Waals surface area (Å²) in [5.41, 5.74) is 1.41. The molecular weight excluding hydrogens is 238 g/mol. The van der Waals surface area contributed by atoms with Crippen LogP contribution in [0.4, 0.5) is 0 Å². The molecule has 1 aromatic heterocycles. The standard InChI is InChI=1S/C13H14ClNO2/c1-2-3-6-17-13(16)11-8-15-12-7-9(14)4-5-10(11)12/h4-5,7-8,15H,2-3,6H2,1H3. The molecule has 0 aliphatic heterocycles. The second kappa shape index (κ2) is 5.23. The van der Waals surface area contributed by atoms with Crippen molar-refractivity contribution in [3.63, 3.8) is 0 Å². The van der Waals surface area contributed by atoms with E-state index in [-0.39, 0.29) is 5.97 Å². The molecule has 4 heteroatoms. The number of halogens is 1. The van der Waals surface area contributed by atoms with E-state index >= 15 is 0 Å². The number of carbonyl (C=O) groups is 1. The number of nitrogens with one attached hydrogen (secondary N) is 1. The molecule has 0 fully saturated rings. The highest BCUT2D eigenvalue weighted by atomic mass is 35.5. The van der Waals surface area contributed by atoms with Gasteiger partial charge in [-0.3, -0.25) is 0 Å². The molecule has 1 heterocycles. The normalized spacial score (nSPS) is 10.7. The predicted molar refractivity (Wildman–Crippen MR) is 68.5 cm³/mol. The molecule has 17 heavy (non-hydrogen) atoms. The highest BCUT2D eigenvalue weighted by molar-refractivity contribution is 6.31. The second-order valence-corrected chi connectivity index (χ2v) is 4.32. The molecule has 2 aromatic rings. The molecule has 3 nitrogen and oxygen atoms in total. The number of unbranched alkanes of at least 4 members (excludes halogenated alkanes) is 1. The Morgan fingerprint density at radius 2 is 2.29 bits per heavy atom. The van der Waals surface area contributed by atoms with Crippen molar-refractivity contribution in [2.75, 3.05) is 6.61 Å². The third-order valence-electron chi connectivity index (χ3n) is 2.59. The number of benzene rings is 1. The van der Waals surface area contributed by atoms with Gasteiger partial charge in [0, 0.05) is 22.1 Å². The van der Waals surface area contributed by atoms with Crippen molar-refractivity contribution in [1.29, 1.82) is 0 Å². The maximum Gasteiger partial charge on any atom is 0.340 e. The molecule has 1 N–H and O–H groups in total. The first-order valence-electron chi connectivity index (χ1n) is 5.66. The van der Waals surface area contributed by atoms with E-state index in [0.717, 1.165) is 23.7 Å². The van der Waals surface area contributed by atoms with E-state index in [1.165, 1.54) is 0 Å². The number of H-pyrrole nitrogens is 1. The molecule has 0 atom stereocenters. The number of aromatic amines is 1. The summed E-state index contributed by atoms with van der Waals surface area (Å²) in [7, 11) is 0. The lowest BCUT2D eigenvalue weighted by molar-refractivity contribution is 0.0502. The first kappa shape index (κ1) is 12.0. The van der Waals surface area contributed by atoms with Crippen molar-refractivity contribution in [2.45, 2.75) is 19.8 Å². The molecular formula is C13H14ClNO2. The molecule has 0 aliphatic rings. The van der Waals surface area contributed by atoms with E-state index in [1.54, 1.807) is 18.3 Å². The molecule has 0 spiro atoms. The number of esters is 1. The molecule has 90 valence electrons. The number of hydrogen-bond donors (Lipinski definition) is 1. The third-order valence-corrected chi connectivity index (χ3v) is 2.83. The molecule has 0 unspecified atom stereocenters. The third kappa shape index (κ3) is 2.61. The van der Waals surface area contributed by atoms with E-state index in [0.29, 0.717) is 17.2 Å². The maximum absolute atomic E-state index is 11.8. The fourth-order valence-corrected chi connectivity index (χ4v) is 1.83. The van der Waals surface area contributed by atoms with Gasteiger partial charge in [0.15, 0.2) is 0 Å². The van der Waals surface area contributed by atoms with Gasteiger partial charge in [-0.25, -0.2) is 4.79 Å². The van der Waals surface area contributed by atoms with Gasteiger partial charge in [0.2, 0.25) is 0 Å². The zero-order chi connectivity index (χ0) is 12.3. The minimum Gasteiger partial charge on any atom is -0.462 e. The van der Waals surface area contributed by atoms with Crippen LogP contribution in [0.15, 0.2) is 24.4 Å². The molecule has 2 rings (SSSR count). The van der Waals surface area contributed by atoms with Gasteiger partial charge >= 0.3 is 5.97 Å². The van der Waals surface area contributed by atoms with Crippen molar-refractivity contribution in [1.82, 2.24) is 4.98 Å². The quantitative estimate of drug-likeness (QED) is 0.664. The zero-order valence-corrected chi connectivity index (χ0v) is 10.4. The topological polar surface area (TPSA) is 42.1 Å². The minimum atomic E-state index is -0.285. The fourth-order valence-electron chi connectivity index (χ4n) is 1.65. The summed E-state index contributed by atoms with van der Waals surface area (Å²) in [4.78, 5) is 14.8. The van der Waals surface area contributed by atoms with E-state index in [4.69, 9.17) is 16.3 Å². The molecule has 0 saturated carbocycles. The lowest BCUT2D eigenvalue weighted by atomic mass is 10.2. The van der Waals surface area contributed by atoms with Gasteiger partial charge < -0.3 is 9.72 Å². The minimum absolute atomic E-state index is 0.285. The summed E-state index contributed by atoms with van der Waals surface area (Å²) in [6.07, 6.45) is 3.56. The Labute approximate surface area is 105 Å². The van der Waals surface area contributed by atoms with Crippen LogP contribution in [-0.4, -0.2) is 17.6 Å². The Bertz CT molecular complexity index is 533. The summed E-state index contributed by atoms with van der Waals surface area (Å²) in [6, 6.07) is 5.38. The van der Waals surface area contributed by atoms with Crippen molar-refractivity contribution >= 4 is 28.5 Å². The highest BCUT2D eigenvalue weighted by Gasteiger charge is 2.13. The number of hydrogen-bond acceptors (Lipinski definition) is 2. The largest absolute Gasteiger partial charge is 0.462 e. The van der Waals surface area contributed by atoms with Crippen LogP contribution in [0.2, 0.25) is 5.02 Å². The monoisotopic (exact) mass is 251 g/mol. The van der Waals surface area contributed by atoms with Crippen LogP contribution < -0.4 is 0 Å². The van der Waals surface area contributed by atoms with Crippen LogP contribution in [0, 0.1) is 0 Å². The molecule has 0 amide bonds. The van der Waals surface area contributed by atoms with Crippen LogP contribution in [0.1, 0.15) is 30.1 Å². The SMILES string of the molecule is CCCCOC(=O)c1c[nH]c2cc(Cl)ccc12. The summed E-state index contributed by atoms with van der Waals surface area (Å²) < 4.78 is 5.17. The summed E-state index contributed by atoms with van der Waals surface area (Å²) in [5.74, 6) is -0.285. The summed E-state index contributed by atoms with van der Waals surface area (Å²) in [5, 5.41) is 1.49. The number of carbonyl (C=O) groups excluding carboxylic acids is 1. The average molecular weight is 252 g/mol. The van der Waals surface area contributed by atoms with Gasteiger partial charge in [-0.1, -0.05) is 31.0 Å². The number of rotatable bonds is 4. The Morgan fingerprint density at radius 3 is 3.06 bits per heavy atom. The van der Waals surface area contributed by atoms with Crippen LogP contribution in [-0.2, 0) is 4.74 Å². The molecule has 0 radical (unpaired) electrons. The second-order valence-electron chi connectivity index (χ2n) is 3.88. The number of ether oxygens (including phenoxy) is 1. The van der Waals surface area contributed by atoms with Crippen LogP contribution >= 0.6 is 11.6 Å². The van der Waals surface area contributed by atoms with Crippen molar-refractivity contribution in [3.8, 4) is 0 Å². The van der Waals surface area contributed by atoms with E-state index in [1.807, 2.05) is 6.07 Å². The van der Waals surface area contributed by atoms with Gasteiger partial charge in [0.05, 0.1) is 12.2 Å². The molecule has 1 aromatic carbocycles. The van der Waals surface area contributed by atoms with Crippen LogP contribution in [0.5, 0.6) is 0 Å². The zero-order valence-electron chi connectivity index (χ0n) is 9.63.